The predicted octanol–water partition coefficient (Wildman–Crippen LogP) is 2.99. The summed E-state index contributed by atoms with van der Waals surface area (Å²) in [5.74, 6) is 0.105. The summed E-state index contributed by atoms with van der Waals surface area (Å²) in [6.45, 7) is 2.82. The molecule has 1 aromatic rings. The molecule has 26 heavy (non-hydrogen) atoms. The topological polar surface area (TPSA) is 66.5 Å². The van der Waals surface area contributed by atoms with Gasteiger partial charge in [-0.1, -0.05) is 43.5 Å². The molecule has 3 rings (SSSR count). The lowest BCUT2D eigenvalue weighted by Gasteiger charge is -2.32. The van der Waals surface area contributed by atoms with Crippen molar-refractivity contribution in [2.75, 3.05) is 13.1 Å². The number of piperidine rings is 1. The summed E-state index contributed by atoms with van der Waals surface area (Å²) in [5, 5.41) is 3.18. The number of amides is 1. The monoisotopic (exact) mass is 378 g/mol. The lowest BCUT2D eigenvalue weighted by molar-refractivity contribution is -0.127. The van der Waals surface area contributed by atoms with E-state index in [0.717, 1.165) is 24.0 Å². The summed E-state index contributed by atoms with van der Waals surface area (Å²) in [6, 6.07) is 7.92. The molecule has 1 N–H and O–H groups in total. The number of nitrogens with zero attached hydrogens (tertiary/aromatic N) is 1. The van der Waals surface area contributed by atoms with Crippen LogP contribution in [0.3, 0.4) is 0 Å². The minimum Gasteiger partial charge on any atom is -0.353 e. The number of sulfonamides is 1. The first-order valence-electron chi connectivity index (χ1n) is 9.78. The van der Waals surface area contributed by atoms with Crippen LogP contribution in [0.2, 0.25) is 0 Å². The molecule has 1 saturated carbocycles. The molecule has 1 aromatic carbocycles. The van der Waals surface area contributed by atoms with Crippen molar-refractivity contribution >= 4 is 15.9 Å². The fraction of sp³-hybridized carbons (Fsp3) is 0.650. The molecule has 5 nitrogen and oxygen atoms in total. The van der Waals surface area contributed by atoms with Gasteiger partial charge in [0, 0.05) is 25.0 Å². The summed E-state index contributed by atoms with van der Waals surface area (Å²) in [5.41, 5.74) is 1.85. The Hall–Kier alpha value is -1.40. The molecule has 0 atom stereocenters. The van der Waals surface area contributed by atoms with Crippen molar-refractivity contribution in [3.63, 3.8) is 0 Å². The largest absolute Gasteiger partial charge is 0.353 e. The van der Waals surface area contributed by atoms with Gasteiger partial charge in [-0.15, -0.1) is 0 Å². The Balaban J connectivity index is 1.52. The van der Waals surface area contributed by atoms with Crippen molar-refractivity contribution < 1.29 is 13.2 Å². The zero-order valence-corrected chi connectivity index (χ0v) is 16.4. The average Bonchev–Trinajstić information content (AvgIpc) is 2.64. The van der Waals surface area contributed by atoms with Crippen LogP contribution in [0.25, 0.3) is 0 Å². The SMILES string of the molecule is Cc1ccccc1CS(=O)(=O)N1CCC(C(=O)NC2CCCCC2)CC1. The van der Waals surface area contributed by atoms with E-state index >= 15 is 0 Å². The molecule has 1 aliphatic heterocycles. The summed E-state index contributed by atoms with van der Waals surface area (Å²) in [7, 11) is -3.33. The van der Waals surface area contributed by atoms with Crippen molar-refractivity contribution in [1.29, 1.82) is 0 Å². The standard InChI is InChI=1S/C20H30N2O3S/c1-16-7-5-6-8-18(16)15-26(24,25)22-13-11-17(12-14-22)20(23)21-19-9-3-2-4-10-19/h5-8,17,19H,2-4,9-15H2,1H3,(H,21,23). The Morgan fingerprint density at radius 3 is 2.38 bits per heavy atom. The fourth-order valence-electron chi connectivity index (χ4n) is 4.02. The minimum absolute atomic E-state index is 0.0403. The fourth-order valence-corrected chi connectivity index (χ4v) is 5.69. The number of hydrogen-bond acceptors (Lipinski definition) is 3. The van der Waals surface area contributed by atoms with Crippen molar-refractivity contribution in [2.24, 2.45) is 5.92 Å². The minimum atomic E-state index is -3.33. The van der Waals surface area contributed by atoms with Crippen molar-refractivity contribution in [3.05, 3.63) is 35.4 Å². The lowest BCUT2D eigenvalue weighted by atomic mass is 9.93. The zero-order chi connectivity index (χ0) is 18.6. The highest BCUT2D eigenvalue weighted by atomic mass is 32.2. The van der Waals surface area contributed by atoms with Gasteiger partial charge in [0.2, 0.25) is 15.9 Å². The van der Waals surface area contributed by atoms with Crippen LogP contribution < -0.4 is 5.32 Å². The molecule has 2 fully saturated rings. The maximum atomic E-state index is 12.7. The summed E-state index contributed by atoms with van der Waals surface area (Å²) < 4.78 is 27.0. The molecule has 0 unspecified atom stereocenters. The molecule has 1 amide bonds. The first-order valence-corrected chi connectivity index (χ1v) is 11.4. The van der Waals surface area contributed by atoms with Crippen molar-refractivity contribution in [3.8, 4) is 0 Å². The maximum absolute atomic E-state index is 12.7. The highest BCUT2D eigenvalue weighted by Gasteiger charge is 2.32. The molecular weight excluding hydrogens is 348 g/mol. The van der Waals surface area contributed by atoms with E-state index in [2.05, 4.69) is 5.32 Å². The van der Waals surface area contributed by atoms with E-state index in [1.165, 1.54) is 19.3 Å². The van der Waals surface area contributed by atoms with Crippen LogP contribution in [0.1, 0.15) is 56.1 Å². The lowest BCUT2D eigenvalue weighted by Crippen LogP contribution is -2.46. The molecule has 144 valence electrons. The number of aryl methyl sites for hydroxylation is 1. The third-order valence-electron chi connectivity index (χ3n) is 5.77. The Morgan fingerprint density at radius 1 is 1.08 bits per heavy atom. The Labute approximate surface area is 157 Å². The van der Waals surface area contributed by atoms with Gasteiger partial charge in [0.25, 0.3) is 0 Å². The number of rotatable bonds is 5. The predicted molar refractivity (Wildman–Crippen MR) is 103 cm³/mol. The van der Waals surface area contributed by atoms with Crippen LogP contribution in [0.15, 0.2) is 24.3 Å². The summed E-state index contributed by atoms with van der Waals surface area (Å²) >= 11 is 0. The van der Waals surface area contributed by atoms with E-state index in [4.69, 9.17) is 0 Å². The maximum Gasteiger partial charge on any atom is 0.223 e. The van der Waals surface area contributed by atoms with Crippen LogP contribution in [0, 0.1) is 12.8 Å². The molecule has 1 heterocycles. The highest BCUT2D eigenvalue weighted by molar-refractivity contribution is 7.88. The normalized spacial score (nSPS) is 20.8. The second-order valence-electron chi connectivity index (χ2n) is 7.70. The average molecular weight is 379 g/mol. The molecule has 1 saturated heterocycles. The highest BCUT2D eigenvalue weighted by Crippen LogP contribution is 2.24. The van der Waals surface area contributed by atoms with Gasteiger partial charge in [0.1, 0.15) is 0 Å². The molecule has 6 heteroatoms. The van der Waals surface area contributed by atoms with Gasteiger partial charge in [0.15, 0.2) is 0 Å². The Kier molecular flexibility index (Phi) is 6.35. The number of carbonyl (C=O) groups is 1. The van der Waals surface area contributed by atoms with Crippen LogP contribution >= 0.6 is 0 Å². The van der Waals surface area contributed by atoms with Gasteiger partial charge >= 0.3 is 0 Å². The first-order chi connectivity index (χ1) is 12.5. The summed E-state index contributed by atoms with van der Waals surface area (Å²) in [6.07, 6.45) is 7.05. The number of nitrogens with one attached hydrogen (secondary N) is 1. The van der Waals surface area contributed by atoms with Gasteiger partial charge in [0.05, 0.1) is 5.75 Å². The van der Waals surface area contributed by atoms with Crippen LogP contribution in [0.4, 0.5) is 0 Å². The van der Waals surface area contributed by atoms with E-state index < -0.39 is 10.0 Å². The quantitative estimate of drug-likeness (QED) is 0.856. The van der Waals surface area contributed by atoms with Crippen LogP contribution in [-0.4, -0.2) is 37.8 Å². The molecule has 1 aliphatic carbocycles. The van der Waals surface area contributed by atoms with Gasteiger partial charge in [-0.05, 0) is 43.7 Å². The Bertz CT molecular complexity index is 718. The smallest absolute Gasteiger partial charge is 0.223 e. The van der Waals surface area contributed by atoms with Crippen molar-refractivity contribution in [2.45, 2.75) is 63.7 Å². The molecular formula is C20H30N2O3S. The van der Waals surface area contributed by atoms with Crippen LogP contribution in [0.5, 0.6) is 0 Å². The molecule has 0 bridgehead atoms. The van der Waals surface area contributed by atoms with Gasteiger partial charge < -0.3 is 5.32 Å². The van der Waals surface area contributed by atoms with E-state index in [0.29, 0.717) is 32.0 Å². The molecule has 0 aromatic heterocycles. The van der Waals surface area contributed by atoms with E-state index in [1.807, 2.05) is 31.2 Å². The molecule has 0 radical (unpaired) electrons. The second-order valence-corrected chi connectivity index (χ2v) is 9.67. The number of carbonyl (C=O) groups excluding carboxylic acids is 1. The third kappa shape index (κ3) is 4.86. The number of hydrogen-bond donors (Lipinski definition) is 1. The second kappa shape index (κ2) is 8.53. The third-order valence-corrected chi connectivity index (χ3v) is 7.60. The van der Waals surface area contributed by atoms with Gasteiger partial charge in [-0.2, -0.15) is 0 Å². The number of benzene rings is 1. The van der Waals surface area contributed by atoms with E-state index in [-0.39, 0.29) is 17.6 Å². The van der Waals surface area contributed by atoms with Crippen molar-refractivity contribution in [1.82, 2.24) is 9.62 Å². The van der Waals surface area contributed by atoms with Gasteiger partial charge in [-0.25, -0.2) is 12.7 Å². The van der Waals surface area contributed by atoms with E-state index in [9.17, 15) is 13.2 Å². The molecule has 0 spiro atoms. The first kappa shape index (κ1) is 19.4. The Morgan fingerprint density at radius 2 is 1.73 bits per heavy atom. The zero-order valence-electron chi connectivity index (χ0n) is 15.6. The van der Waals surface area contributed by atoms with Gasteiger partial charge in [-0.3, -0.25) is 4.79 Å². The van der Waals surface area contributed by atoms with E-state index in [1.54, 1.807) is 4.31 Å². The van der Waals surface area contributed by atoms with Crippen LogP contribution in [-0.2, 0) is 20.6 Å². The molecule has 2 aliphatic rings. The summed E-state index contributed by atoms with van der Waals surface area (Å²) in [4.78, 5) is 12.5.